The molecular weight excluding hydrogens is 298 g/mol. The molecule has 2 aromatic rings. The molecule has 0 saturated carbocycles. The Balaban J connectivity index is 2.07. The summed E-state index contributed by atoms with van der Waals surface area (Å²) in [6.07, 6.45) is 3.84. The molecule has 1 N–H and O–H groups in total. The minimum absolute atomic E-state index is 0.00375. The number of hydrogen-bond donors (Lipinski definition) is 1. The predicted molar refractivity (Wildman–Crippen MR) is 98.0 cm³/mol. The van der Waals surface area contributed by atoms with Crippen molar-refractivity contribution < 1.29 is 4.79 Å². The molecule has 130 valence electrons. The molecule has 4 nitrogen and oxygen atoms in total. The van der Waals surface area contributed by atoms with Crippen LogP contribution in [-0.4, -0.2) is 15.7 Å². The van der Waals surface area contributed by atoms with E-state index in [-0.39, 0.29) is 18.0 Å². The number of nitrogens with one attached hydrogen (secondary N) is 1. The quantitative estimate of drug-likeness (QED) is 0.812. The Morgan fingerprint density at radius 3 is 2.21 bits per heavy atom. The number of nitrogens with zero attached hydrogens (tertiary/aromatic N) is 2. The van der Waals surface area contributed by atoms with Crippen molar-refractivity contribution in [3.05, 3.63) is 53.3 Å². The minimum atomic E-state index is -0.313. The maximum absolute atomic E-state index is 12.5. The third kappa shape index (κ3) is 4.25. The Morgan fingerprint density at radius 2 is 1.71 bits per heavy atom. The summed E-state index contributed by atoms with van der Waals surface area (Å²) in [5.74, 6) is 0.563. The van der Waals surface area contributed by atoms with Gasteiger partial charge < -0.3 is 5.32 Å². The molecular formula is C20H29N3O. The highest BCUT2D eigenvalue weighted by molar-refractivity contribution is 5.80. The Hall–Kier alpha value is -2.10. The number of carbonyl (C=O) groups is 1. The summed E-state index contributed by atoms with van der Waals surface area (Å²) in [5.41, 5.74) is 3.42. The van der Waals surface area contributed by atoms with Gasteiger partial charge in [-0.25, -0.2) is 0 Å². The summed E-state index contributed by atoms with van der Waals surface area (Å²) in [6, 6.07) is 10.3. The molecule has 3 unspecified atom stereocenters. The average Bonchev–Trinajstić information content (AvgIpc) is 3.04. The maximum Gasteiger partial charge on any atom is 0.245 e. The van der Waals surface area contributed by atoms with Gasteiger partial charge in [0.05, 0.1) is 11.7 Å². The van der Waals surface area contributed by atoms with Crippen molar-refractivity contribution in [2.75, 3.05) is 0 Å². The highest BCUT2D eigenvalue weighted by Crippen LogP contribution is 2.23. The molecule has 0 aliphatic heterocycles. The molecule has 0 radical (unpaired) electrons. The first-order valence-corrected chi connectivity index (χ1v) is 8.88. The number of amides is 1. The number of carbonyl (C=O) groups excluding carboxylic acids is 1. The van der Waals surface area contributed by atoms with Crippen LogP contribution >= 0.6 is 0 Å². The van der Waals surface area contributed by atoms with Crippen LogP contribution in [0, 0.1) is 6.92 Å². The van der Waals surface area contributed by atoms with Crippen LogP contribution in [0.2, 0.25) is 0 Å². The molecule has 24 heavy (non-hydrogen) atoms. The van der Waals surface area contributed by atoms with Crippen molar-refractivity contribution in [1.82, 2.24) is 15.1 Å². The zero-order valence-electron chi connectivity index (χ0n) is 15.4. The minimum Gasteiger partial charge on any atom is -0.347 e. The molecule has 0 aliphatic carbocycles. The first-order chi connectivity index (χ1) is 11.5. The fraction of sp³-hybridized carbons (Fsp3) is 0.500. The third-order valence-electron chi connectivity index (χ3n) is 4.76. The van der Waals surface area contributed by atoms with Crippen molar-refractivity contribution in [1.29, 1.82) is 0 Å². The third-order valence-corrected chi connectivity index (χ3v) is 4.76. The van der Waals surface area contributed by atoms with Crippen molar-refractivity contribution in [3.63, 3.8) is 0 Å². The first-order valence-electron chi connectivity index (χ1n) is 8.88. The standard InChI is InChI=1S/C20H29N3O/c1-6-14(3)17-8-10-18(11-9-17)19(7-2)21-20(24)16(5)23-13-12-15(4)22-23/h8-14,16,19H,6-7H2,1-5H3,(H,21,24). The van der Waals surface area contributed by atoms with Gasteiger partial charge >= 0.3 is 0 Å². The van der Waals surface area contributed by atoms with Gasteiger partial charge in [0, 0.05) is 6.20 Å². The summed E-state index contributed by atoms with van der Waals surface area (Å²) >= 11 is 0. The van der Waals surface area contributed by atoms with E-state index >= 15 is 0 Å². The molecule has 0 aliphatic rings. The molecule has 0 fully saturated rings. The van der Waals surface area contributed by atoms with E-state index in [2.05, 4.69) is 55.5 Å². The van der Waals surface area contributed by atoms with Crippen molar-refractivity contribution in [2.24, 2.45) is 0 Å². The van der Waals surface area contributed by atoms with E-state index in [1.807, 2.05) is 26.1 Å². The van der Waals surface area contributed by atoms with Crippen LogP contribution in [0.5, 0.6) is 0 Å². The second-order valence-corrected chi connectivity index (χ2v) is 6.56. The highest BCUT2D eigenvalue weighted by atomic mass is 16.2. The topological polar surface area (TPSA) is 46.9 Å². The predicted octanol–water partition coefficient (Wildman–Crippen LogP) is 4.53. The average molecular weight is 327 g/mol. The lowest BCUT2D eigenvalue weighted by Crippen LogP contribution is -2.34. The number of hydrogen-bond acceptors (Lipinski definition) is 2. The van der Waals surface area contributed by atoms with E-state index in [1.54, 1.807) is 4.68 Å². The Kier molecular flexibility index (Phi) is 6.18. The zero-order valence-corrected chi connectivity index (χ0v) is 15.4. The lowest BCUT2D eigenvalue weighted by atomic mass is 9.95. The van der Waals surface area contributed by atoms with Crippen LogP contribution in [0.25, 0.3) is 0 Å². The van der Waals surface area contributed by atoms with Crippen molar-refractivity contribution in [2.45, 2.75) is 65.5 Å². The van der Waals surface area contributed by atoms with E-state index < -0.39 is 0 Å². The molecule has 0 bridgehead atoms. The largest absolute Gasteiger partial charge is 0.347 e. The van der Waals surface area contributed by atoms with E-state index in [1.165, 1.54) is 5.56 Å². The van der Waals surface area contributed by atoms with Crippen LogP contribution in [-0.2, 0) is 4.79 Å². The van der Waals surface area contributed by atoms with Crippen LogP contribution in [0.1, 0.15) is 75.4 Å². The number of aromatic nitrogens is 2. The second kappa shape index (κ2) is 8.13. The highest BCUT2D eigenvalue weighted by Gasteiger charge is 2.20. The lowest BCUT2D eigenvalue weighted by molar-refractivity contribution is -0.124. The van der Waals surface area contributed by atoms with Gasteiger partial charge in [-0.3, -0.25) is 9.48 Å². The monoisotopic (exact) mass is 327 g/mol. The fourth-order valence-electron chi connectivity index (χ4n) is 2.77. The van der Waals surface area contributed by atoms with Crippen molar-refractivity contribution in [3.8, 4) is 0 Å². The van der Waals surface area contributed by atoms with Gasteiger partial charge in [-0.2, -0.15) is 5.10 Å². The molecule has 4 heteroatoms. The van der Waals surface area contributed by atoms with Crippen molar-refractivity contribution >= 4 is 5.91 Å². The van der Waals surface area contributed by atoms with Crippen LogP contribution in [0.3, 0.4) is 0 Å². The number of aryl methyl sites for hydroxylation is 1. The van der Waals surface area contributed by atoms with Gasteiger partial charge in [-0.05, 0) is 49.8 Å². The van der Waals surface area contributed by atoms with Crippen LogP contribution in [0.4, 0.5) is 0 Å². The van der Waals surface area contributed by atoms with Gasteiger partial charge in [0.25, 0.3) is 0 Å². The van der Waals surface area contributed by atoms with E-state index in [0.717, 1.165) is 24.1 Å². The summed E-state index contributed by atoms with van der Waals surface area (Å²) in [7, 11) is 0. The maximum atomic E-state index is 12.5. The summed E-state index contributed by atoms with van der Waals surface area (Å²) < 4.78 is 1.71. The number of benzene rings is 1. The number of rotatable bonds is 7. The fourth-order valence-corrected chi connectivity index (χ4v) is 2.77. The molecule has 1 amide bonds. The molecule has 1 aromatic carbocycles. The molecule has 1 aromatic heterocycles. The van der Waals surface area contributed by atoms with Crippen LogP contribution in [0.15, 0.2) is 36.5 Å². The van der Waals surface area contributed by atoms with Gasteiger partial charge in [0.2, 0.25) is 5.91 Å². The van der Waals surface area contributed by atoms with Gasteiger partial charge in [-0.15, -0.1) is 0 Å². The van der Waals surface area contributed by atoms with E-state index in [0.29, 0.717) is 5.92 Å². The molecule has 2 rings (SSSR count). The molecule has 0 spiro atoms. The summed E-state index contributed by atoms with van der Waals surface area (Å²) in [4.78, 5) is 12.5. The normalized spacial score (nSPS) is 14.9. The van der Waals surface area contributed by atoms with Gasteiger partial charge in [0.15, 0.2) is 0 Å². The van der Waals surface area contributed by atoms with Gasteiger partial charge in [-0.1, -0.05) is 45.0 Å². The Morgan fingerprint density at radius 1 is 1.08 bits per heavy atom. The van der Waals surface area contributed by atoms with E-state index in [9.17, 15) is 4.79 Å². The van der Waals surface area contributed by atoms with E-state index in [4.69, 9.17) is 0 Å². The zero-order chi connectivity index (χ0) is 17.7. The Bertz CT molecular complexity index is 660. The van der Waals surface area contributed by atoms with Gasteiger partial charge in [0.1, 0.15) is 6.04 Å². The smallest absolute Gasteiger partial charge is 0.245 e. The summed E-state index contributed by atoms with van der Waals surface area (Å²) in [5, 5.41) is 7.49. The second-order valence-electron chi connectivity index (χ2n) is 6.56. The molecule has 3 atom stereocenters. The molecule has 1 heterocycles. The summed E-state index contributed by atoms with van der Waals surface area (Å²) in [6.45, 7) is 10.3. The molecule has 0 saturated heterocycles. The first kappa shape index (κ1) is 18.2. The SMILES string of the molecule is CCC(C)c1ccc(C(CC)NC(=O)C(C)n2ccc(C)n2)cc1. The Labute approximate surface area is 145 Å². The lowest BCUT2D eigenvalue weighted by Gasteiger charge is -2.21. The van der Waals surface area contributed by atoms with Crippen LogP contribution < -0.4 is 5.32 Å².